The molecular formula is C13H18N4O. The zero-order valence-corrected chi connectivity index (χ0v) is 10.5. The van der Waals surface area contributed by atoms with Crippen molar-refractivity contribution < 1.29 is 4.74 Å². The fraction of sp³-hybridized carbons (Fsp3) is 0.385. The van der Waals surface area contributed by atoms with Crippen molar-refractivity contribution in [3.8, 4) is 11.3 Å². The van der Waals surface area contributed by atoms with Crippen molar-refractivity contribution in [2.75, 3.05) is 18.9 Å². The van der Waals surface area contributed by atoms with Crippen molar-refractivity contribution in [1.82, 2.24) is 14.5 Å². The summed E-state index contributed by atoms with van der Waals surface area (Å²) in [7, 11) is 0. The molecule has 0 fully saturated rings. The van der Waals surface area contributed by atoms with Gasteiger partial charge in [-0.3, -0.25) is 0 Å². The highest BCUT2D eigenvalue weighted by Crippen LogP contribution is 2.20. The van der Waals surface area contributed by atoms with Crippen LogP contribution in [0.3, 0.4) is 0 Å². The van der Waals surface area contributed by atoms with Gasteiger partial charge in [0.2, 0.25) is 0 Å². The second kappa shape index (κ2) is 6.16. The Morgan fingerprint density at radius 2 is 2.33 bits per heavy atom. The SMILES string of the molecule is CCOCCCn1cncc1-c1ccnc(N)c1. The molecule has 0 aliphatic heterocycles. The first-order valence-electron chi connectivity index (χ1n) is 6.11. The Balaban J connectivity index is 2.08. The average molecular weight is 246 g/mol. The molecule has 5 nitrogen and oxygen atoms in total. The maximum Gasteiger partial charge on any atom is 0.123 e. The molecule has 0 aromatic carbocycles. The summed E-state index contributed by atoms with van der Waals surface area (Å²) < 4.78 is 7.44. The molecule has 5 heteroatoms. The summed E-state index contributed by atoms with van der Waals surface area (Å²) in [6.45, 7) is 4.42. The van der Waals surface area contributed by atoms with Crippen molar-refractivity contribution in [3.63, 3.8) is 0 Å². The van der Waals surface area contributed by atoms with E-state index in [1.807, 2.05) is 31.6 Å². The molecule has 0 unspecified atom stereocenters. The fourth-order valence-corrected chi connectivity index (χ4v) is 1.83. The molecule has 96 valence electrons. The van der Waals surface area contributed by atoms with Crippen molar-refractivity contribution in [2.45, 2.75) is 19.9 Å². The lowest BCUT2D eigenvalue weighted by molar-refractivity contribution is 0.142. The van der Waals surface area contributed by atoms with Crippen LogP contribution in [0.2, 0.25) is 0 Å². The van der Waals surface area contributed by atoms with Gasteiger partial charge in [-0.2, -0.15) is 0 Å². The van der Waals surface area contributed by atoms with Gasteiger partial charge in [-0.15, -0.1) is 0 Å². The molecule has 2 aromatic rings. The number of pyridine rings is 1. The van der Waals surface area contributed by atoms with Crippen LogP contribution in [0.25, 0.3) is 11.3 Å². The van der Waals surface area contributed by atoms with Gasteiger partial charge in [0.1, 0.15) is 5.82 Å². The van der Waals surface area contributed by atoms with Crippen LogP contribution in [0.5, 0.6) is 0 Å². The first kappa shape index (κ1) is 12.6. The number of imidazole rings is 1. The lowest BCUT2D eigenvalue weighted by Gasteiger charge is -2.08. The summed E-state index contributed by atoms with van der Waals surface area (Å²) in [6.07, 6.45) is 6.35. The van der Waals surface area contributed by atoms with E-state index in [4.69, 9.17) is 10.5 Å². The number of ether oxygens (including phenoxy) is 1. The van der Waals surface area contributed by atoms with Gasteiger partial charge in [0, 0.05) is 31.5 Å². The predicted octanol–water partition coefficient (Wildman–Crippen LogP) is 1.95. The van der Waals surface area contributed by atoms with Crippen molar-refractivity contribution in [2.24, 2.45) is 0 Å². The summed E-state index contributed by atoms with van der Waals surface area (Å²) in [5.41, 5.74) is 7.79. The summed E-state index contributed by atoms with van der Waals surface area (Å²) in [5, 5.41) is 0. The van der Waals surface area contributed by atoms with Crippen molar-refractivity contribution in [1.29, 1.82) is 0 Å². The van der Waals surface area contributed by atoms with Gasteiger partial charge in [-0.25, -0.2) is 9.97 Å². The maximum absolute atomic E-state index is 5.69. The number of nitrogens with two attached hydrogens (primary N) is 1. The minimum absolute atomic E-state index is 0.523. The predicted molar refractivity (Wildman–Crippen MR) is 71.0 cm³/mol. The number of aromatic nitrogens is 3. The summed E-state index contributed by atoms with van der Waals surface area (Å²) in [4.78, 5) is 8.18. The number of rotatable bonds is 6. The van der Waals surface area contributed by atoms with Crippen molar-refractivity contribution >= 4 is 5.82 Å². The second-order valence-corrected chi connectivity index (χ2v) is 3.99. The molecule has 2 aromatic heterocycles. The van der Waals surface area contributed by atoms with E-state index in [1.54, 1.807) is 6.20 Å². The van der Waals surface area contributed by atoms with Crippen LogP contribution in [0.1, 0.15) is 13.3 Å². The standard InChI is InChI=1S/C13H18N4O/c1-2-18-7-3-6-17-10-15-9-12(17)11-4-5-16-13(14)8-11/h4-5,8-10H,2-3,6-7H2,1H3,(H2,14,16). The third kappa shape index (κ3) is 3.07. The molecule has 0 aliphatic rings. The van der Waals surface area contributed by atoms with Gasteiger partial charge < -0.3 is 15.0 Å². The number of hydrogen-bond acceptors (Lipinski definition) is 4. The molecular weight excluding hydrogens is 228 g/mol. The highest BCUT2D eigenvalue weighted by atomic mass is 16.5. The highest BCUT2D eigenvalue weighted by Gasteiger charge is 2.05. The monoisotopic (exact) mass is 246 g/mol. The van der Waals surface area contributed by atoms with Crippen LogP contribution >= 0.6 is 0 Å². The van der Waals surface area contributed by atoms with E-state index in [2.05, 4.69) is 14.5 Å². The topological polar surface area (TPSA) is 66.0 Å². The van der Waals surface area contributed by atoms with E-state index in [0.717, 1.165) is 37.4 Å². The summed E-state index contributed by atoms with van der Waals surface area (Å²) in [5.74, 6) is 0.523. The third-order valence-corrected chi connectivity index (χ3v) is 2.68. The molecule has 0 amide bonds. The smallest absolute Gasteiger partial charge is 0.123 e. The van der Waals surface area contributed by atoms with E-state index < -0.39 is 0 Å². The quantitative estimate of drug-likeness (QED) is 0.791. The molecule has 0 saturated carbocycles. The molecule has 0 aliphatic carbocycles. The van der Waals surface area contributed by atoms with Gasteiger partial charge in [-0.1, -0.05) is 0 Å². The van der Waals surface area contributed by atoms with Crippen molar-refractivity contribution in [3.05, 3.63) is 30.9 Å². The zero-order chi connectivity index (χ0) is 12.8. The molecule has 2 N–H and O–H groups in total. The molecule has 2 rings (SSSR count). The molecule has 0 atom stereocenters. The number of hydrogen-bond donors (Lipinski definition) is 1. The number of aryl methyl sites for hydroxylation is 1. The molecule has 2 heterocycles. The first-order valence-corrected chi connectivity index (χ1v) is 6.11. The minimum atomic E-state index is 0.523. The van der Waals surface area contributed by atoms with Gasteiger partial charge in [0.05, 0.1) is 18.2 Å². The van der Waals surface area contributed by atoms with Gasteiger partial charge in [0.15, 0.2) is 0 Å². The number of nitrogens with zero attached hydrogens (tertiary/aromatic N) is 3. The Morgan fingerprint density at radius 1 is 1.44 bits per heavy atom. The lowest BCUT2D eigenvalue weighted by atomic mass is 10.2. The number of anilines is 1. The van der Waals surface area contributed by atoms with Crippen LogP contribution in [0, 0.1) is 0 Å². The van der Waals surface area contributed by atoms with Crippen LogP contribution in [0.15, 0.2) is 30.9 Å². The van der Waals surface area contributed by atoms with E-state index in [-0.39, 0.29) is 0 Å². The first-order chi connectivity index (χ1) is 8.81. The van der Waals surface area contributed by atoms with E-state index in [9.17, 15) is 0 Å². The average Bonchev–Trinajstić information content (AvgIpc) is 2.83. The molecule has 0 spiro atoms. The van der Waals surface area contributed by atoms with E-state index in [1.165, 1.54) is 0 Å². The Morgan fingerprint density at radius 3 is 3.11 bits per heavy atom. The Bertz CT molecular complexity index is 495. The third-order valence-electron chi connectivity index (χ3n) is 2.68. The Kier molecular flexibility index (Phi) is 4.30. The number of nitrogen functional groups attached to an aromatic ring is 1. The molecule has 0 radical (unpaired) electrons. The Labute approximate surface area is 107 Å². The van der Waals surface area contributed by atoms with Crippen LogP contribution in [-0.2, 0) is 11.3 Å². The van der Waals surface area contributed by atoms with E-state index >= 15 is 0 Å². The fourth-order valence-electron chi connectivity index (χ4n) is 1.83. The van der Waals surface area contributed by atoms with E-state index in [0.29, 0.717) is 5.82 Å². The minimum Gasteiger partial charge on any atom is -0.384 e. The van der Waals surface area contributed by atoms with Crippen LogP contribution < -0.4 is 5.73 Å². The van der Waals surface area contributed by atoms with Crippen LogP contribution in [0.4, 0.5) is 5.82 Å². The normalized spacial score (nSPS) is 10.7. The lowest BCUT2D eigenvalue weighted by Crippen LogP contribution is -2.03. The largest absolute Gasteiger partial charge is 0.384 e. The highest BCUT2D eigenvalue weighted by molar-refractivity contribution is 5.61. The van der Waals surface area contributed by atoms with Crippen LogP contribution in [-0.4, -0.2) is 27.7 Å². The second-order valence-electron chi connectivity index (χ2n) is 3.99. The van der Waals surface area contributed by atoms with Gasteiger partial charge in [-0.05, 0) is 25.5 Å². The van der Waals surface area contributed by atoms with Gasteiger partial charge >= 0.3 is 0 Å². The summed E-state index contributed by atoms with van der Waals surface area (Å²) >= 11 is 0. The molecule has 18 heavy (non-hydrogen) atoms. The molecule has 0 bridgehead atoms. The Hall–Kier alpha value is -1.88. The zero-order valence-electron chi connectivity index (χ0n) is 10.5. The van der Waals surface area contributed by atoms with Gasteiger partial charge in [0.25, 0.3) is 0 Å². The maximum atomic E-state index is 5.69. The molecule has 0 saturated heterocycles. The summed E-state index contributed by atoms with van der Waals surface area (Å²) in [6, 6.07) is 3.79.